The first-order valence-electron chi connectivity index (χ1n) is 7.08. The average Bonchev–Trinajstić information content (AvgIpc) is 2.53. The summed E-state index contributed by atoms with van der Waals surface area (Å²) >= 11 is 3.46. The Kier molecular flexibility index (Phi) is 4.68. The maximum absolute atomic E-state index is 10.9. The Morgan fingerprint density at radius 1 is 1.35 bits per heavy atom. The quantitative estimate of drug-likeness (QED) is 0.471. The van der Waals surface area contributed by atoms with Gasteiger partial charge in [0.25, 0.3) is 5.69 Å². The van der Waals surface area contributed by atoms with Crippen molar-refractivity contribution in [3.8, 4) is 0 Å². The minimum absolute atomic E-state index is 0.129. The van der Waals surface area contributed by atoms with E-state index in [0.29, 0.717) is 11.5 Å². The van der Waals surface area contributed by atoms with Gasteiger partial charge < -0.3 is 5.32 Å². The molecule has 0 aliphatic heterocycles. The van der Waals surface area contributed by atoms with Gasteiger partial charge in [-0.1, -0.05) is 20.3 Å². The largest absolute Gasteiger partial charge is 0.381 e. The Bertz CT molecular complexity index is 503. The lowest BCUT2D eigenvalue weighted by Crippen LogP contribution is -2.19. The van der Waals surface area contributed by atoms with E-state index in [1.807, 2.05) is 0 Å². The third-order valence-electron chi connectivity index (χ3n) is 4.10. The van der Waals surface area contributed by atoms with E-state index in [-0.39, 0.29) is 10.6 Å². The van der Waals surface area contributed by atoms with Gasteiger partial charge in [0.05, 0.1) is 10.6 Å². The lowest BCUT2D eigenvalue weighted by Gasteiger charge is -2.22. The first-order valence-corrected chi connectivity index (χ1v) is 7.87. The summed E-state index contributed by atoms with van der Waals surface area (Å²) < 4.78 is 0.881. The highest BCUT2D eigenvalue weighted by Gasteiger charge is 2.24. The first kappa shape index (κ1) is 15.3. The van der Waals surface area contributed by atoms with Gasteiger partial charge in [-0.3, -0.25) is 10.1 Å². The fourth-order valence-electron chi connectivity index (χ4n) is 2.76. The van der Waals surface area contributed by atoms with Crippen molar-refractivity contribution in [2.75, 3.05) is 5.32 Å². The number of non-ortho nitro benzene ring substituents is 1. The molecule has 20 heavy (non-hydrogen) atoms. The number of nitro groups is 1. The Morgan fingerprint density at radius 2 is 2.10 bits per heavy atom. The molecule has 1 aliphatic rings. The summed E-state index contributed by atoms with van der Waals surface area (Å²) in [4.78, 5) is 10.5. The molecule has 0 spiro atoms. The van der Waals surface area contributed by atoms with Gasteiger partial charge >= 0.3 is 0 Å². The number of benzene rings is 1. The zero-order valence-electron chi connectivity index (χ0n) is 12.0. The zero-order valence-corrected chi connectivity index (χ0v) is 13.6. The Morgan fingerprint density at radius 3 is 2.80 bits per heavy atom. The monoisotopic (exact) mass is 340 g/mol. The Labute approximate surface area is 128 Å². The molecule has 0 bridgehead atoms. The molecule has 0 amide bonds. The first-order chi connectivity index (χ1) is 9.37. The van der Waals surface area contributed by atoms with Gasteiger partial charge in [0.1, 0.15) is 0 Å². The molecule has 1 unspecified atom stereocenters. The molecule has 4 nitrogen and oxygen atoms in total. The van der Waals surface area contributed by atoms with Crippen LogP contribution >= 0.6 is 15.9 Å². The molecule has 110 valence electrons. The summed E-state index contributed by atoms with van der Waals surface area (Å²) in [5, 5.41) is 14.3. The van der Waals surface area contributed by atoms with Gasteiger partial charge in [-0.2, -0.15) is 0 Å². The fourth-order valence-corrected chi connectivity index (χ4v) is 3.12. The van der Waals surface area contributed by atoms with Gasteiger partial charge in [-0.15, -0.1) is 0 Å². The number of nitrogens with zero attached hydrogens (tertiary/aromatic N) is 1. The van der Waals surface area contributed by atoms with Crippen LogP contribution in [0.4, 0.5) is 11.4 Å². The molecule has 5 heteroatoms. The van der Waals surface area contributed by atoms with Crippen molar-refractivity contribution in [1.82, 2.24) is 0 Å². The lowest BCUT2D eigenvalue weighted by atomic mass is 9.85. The van der Waals surface area contributed by atoms with Crippen molar-refractivity contribution in [3.05, 3.63) is 32.8 Å². The van der Waals surface area contributed by atoms with E-state index in [0.717, 1.165) is 23.0 Å². The van der Waals surface area contributed by atoms with Gasteiger partial charge in [-0.05, 0) is 53.1 Å². The van der Waals surface area contributed by atoms with Crippen molar-refractivity contribution >= 4 is 27.3 Å². The SMILES string of the molecule is CC1(C)CCCC(Nc2cc([N+](=O)[O-])ccc2Br)CC1. The standard InChI is InChI=1S/C15H21BrN2O2/c1-15(2)8-3-4-11(7-9-15)17-14-10-12(18(19)20)5-6-13(14)16/h5-6,10-11,17H,3-4,7-9H2,1-2H3. The van der Waals surface area contributed by atoms with Crippen molar-refractivity contribution in [2.45, 2.75) is 52.0 Å². The molecule has 1 aliphatic carbocycles. The van der Waals surface area contributed by atoms with E-state index in [2.05, 4.69) is 35.1 Å². The molecule has 1 aromatic carbocycles. The predicted molar refractivity (Wildman–Crippen MR) is 85.1 cm³/mol. The minimum atomic E-state index is -0.353. The van der Waals surface area contributed by atoms with Crippen LogP contribution in [0.1, 0.15) is 46.0 Å². The molecule has 2 rings (SSSR count). The van der Waals surface area contributed by atoms with Crippen LogP contribution in [-0.4, -0.2) is 11.0 Å². The summed E-state index contributed by atoms with van der Waals surface area (Å²) in [7, 11) is 0. The fraction of sp³-hybridized carbons (Fsp3) is 0.600. The molecule has 0 radical (unpaired) electrons. The van der Waals surface area contributed by atoms with Crippen LogP contribution in [0.25, 0.3) is 0 Å². The number of hydrogen-bond donors (Lipinski definition) is 1. The number of rotatable bonds is 3. The summed E-state index contributed by atoms with van der Waals surface area (Å²) in [5.41, 5.74) is 1.37. The highest BCUT2D eigenvalue weighted by atomic mass is 79.9. The second-order valence-corrected chi connectivity index (χ2v) is 7.21. The normalized spacial score (nSPS) is 22.1. The van der Waals surface area contributed by atoms with Crippen LogP contribution in [0.3, 0.4) is 0 Å². The Balaban J connectivity index is 2.09. The number of halogens is 1. The van der Waals surface area contributed by atoms with Crippen LogP contribution in [0.15, 0.2) is 22.7 Å². The number of hydrogen-bond acceptors (Lipinski definition) is 3. The van der Waals surface area contributed by atoms with Crippen LogP contribution in [0.2, 0.25) is 0 Å². The van der Waals surface area contributed by atoms with Crippen molar-refractivity contribution in [3.63, 3.8) is 0 Å². The third-order valence-corrected chi connectivity index (χ3v) is 4.79. The van der Waals surface area contributed by atoms with E-state index >= 15 is 0 Å². The van der Waals surface area contributed by atoms with E-state index in [4.69, 9.17) is 0 Å². The third kappa shape index (κ3) is 3.95. The molecular formula is C15H21BrN2O2. The minimum Gasteiger partial charge on any atom is -0.381 e. The van der Waals surface area contributed by atoms with E-state index in [1.165, 1.54) is 25.3 Å². The Hall–Kier alpha value is -1.10. The number of nitro benzene ring substituents is 1. The summed E-state index contributed by atoms with van der Waals surface area (Å²) in [6.07, 6.45) is 5.89. The zero-order chi connectivity index (χ0) is 14.8. The maximum atomic E-state index is 10.9. The molecule has 1 fully saturated rings. The molecule has 1 saturated carbocycles. The van der Waals surface area contributed by atoms with E-state index < -0.39 is 0 Å². The highest BCUT2D eigenvalue weighted by Crippen LogP contribution is 2.36. The van der Waals surface area contributed by atoms with Crippen LogP contribution in [0, 0.1) is 15.5 Å². The summed E-state index contributed by atoms with van der Waals surface area (Å²) in [5.74, 6) is 0. The average molecular weight is 341 g/mol. The number of anilines is 1. The molecule has 1 N–H and O–H groups in total. The van der Waals surface area contributed by atoms with E-state index in [1.54, 1.807) is 12.1 Å². The van der Waals surface area contributed by atoms with Gasteiger partial charge in [0.2, 0.25) is 0 Å². The van der Waals surface area contributed by atoms with Crippen LogP contribution in [0.5, 0.6) is 0 Å². The van der Waals surface area contributed by atoms with Gasteiger partial charge in [-0.25, -0.2) is 0 Å². The maximum Gasteiger partial charge on any atom is 0.271 e. The summed E-state index contributed by atoms with van der Waals surface area (Å²) in [6.45, 7) is 4.64. The van der Waals surface area contributed by atoms with E-state index in [9.17, 15) is 10.1 Å². The molecule has 1 atom stereocenters. The molecule has 0 aromatic heterocycles. The molecule has 0 heterocycles. The topological polar surface area (TPSA) is 55.2 Å². The van der Waals surface area contributed by atoms with Gasteiger partial charge in [0, 0.05) is 22.6 Å². The molecule has 1 aromatic rings. The van der Waals surface area contributed by atoms with Crippen LogP contribution < -0.4 is 5.32 Å². The van der Waals surface area contributed by atoms with Gasteiger partial charge in [0.15, 0.2) is 0 Å². The smallest absolute Gasteiger partial charge is 0.271 e. The van der Waals surface area contributed by atoms with Crippen LogP contribution in [-0.2, 0) is 0 Å². The second-order valence-electron chi connectivity index (χ2n) is 6.36. The van der Waals surface area contributed by atoms with Crippen molar-refractivity contribution in [2.24, 2.45) is 5.41 Å². The van der Waals surface area contributed by atoms with Crippen molar-refractivity contribution in [1.29, 1.82) is 0 Å². The molecule has 0 saturated heterocycles. The van der Waals surface area contributed by atoms with Crippen molar-refractivity contribution < 1.29 is 4.92 Å². The number of nitrogens with one attached hydrogen (secondary N) is 1. The highest BCUT2D eigenvalue weighted by molar-refractivity contribution is 9.10. The summed E-state index contributed by atoms with van der Waals surface area (Å²) in [6, 6.07) is 5.27. The second kappa shape index (κ2) is 6.12. The molecular weight excluding hydrogens is 320 g/mol. The lowest BCUT2D eigenvalue weighted by molar-refractivity contribution is -0.384. The predicted octanol–water partition coefficient (Wildman–Crippen LogP) is 5.13.